The number of halogens is 3. The van der Waals surface area contributed by atoms with Gasteiger partial charge in [-0.3, -0.25) is 4.68 Å². The van der Waals surface area contributed by atoms with Crippen molar-refractivity contribution in [1.82, 2.24) is 14.8 Å². The van der Waals surface area contributed by atoms with Crippen LogP contribution in [0.1, 0.15) is 5.69 Å². The first-order valence-corrected chi connectivity index (χ1v) is 5.51. The maximum atomic E-state index is 12.5. The van der Waals surface area contributed by atoms with E-state index >= 15 is 0 Å². The van der Waals surface area contributed by atoms with Gasteiger partial charge in [0.1, 0.15) is 5.69 Å². The van der Waals surface area contributed by atoms with Crippen molar-refractivity contribution in [2.24, 2.45) is 0 Å². The van der Waals surface area contributed by atoms with E-state index in [2.05, 4.69) is 15.4 Å². The third kappa shape index (κ3) is 3.36. The van der Waals surface area contributed by atoms with Crippen molar-refractivity contribution in [3.05, 3.63) is 36.4 Å². The minimum absolute atomic E-state index is 0.175. The maximum absolute atomic E-state index is 12.5. The van der Waals surface area contributed by atoms with Gasteiger partial charge < -0.3 is 11.1 Å². The lowest BCUT2D eigenvalue weighted by Gasteiger charge is -2.12. The Labute approximate surface area is 107 Å². The number of pyridine rings is 1. The van der Waals surface area contributed by atoms with Gasteiger partial charge in [-0.25, -0.2) is 4.98 Å². The summed E-state index contributed by atoms with van der Waals surface area (Å²) in [6.07, 6.45) is -0.0908. The number of nitrogen functional groups attached to an aromatic ring is 1. The van der Waals surface area contributed by atoms with Gasteiger partial charge in [0.15, 0.2) is 0 Å². The highest BCUT2D eigenvalue weighted by Crippen LogP contribution is 2.30. The molecule has 19 heavy (non-hydrogen) atoms. The SMILES string of the molecule is Nc1cnc(C(F)(F)F)cc1NCCn1cccn1. The monoisotopic (exact) mass is 271 g/mol. The molecule has 0 aliphatic carbocycles. The number of hydrogen-bond acceptors (Lipinski definition) is 4. The molecular formula is C11H12F3N5. The second-order valence-electron chi connectivity index (χ2n) is 3.85. The summed E-state index contributed by atoms with van der Waals surface area (Å²) in [4.78, 5) is 3.26. The van der Waals surface area contributed by atoms with Crippen LogP contribution >= 0.6 is 0 Å². The van der Waals surface area contributed by atoms with Crippen LogP contribution in [0.4, 0.5) is 24.5 Å². The van der Waals surface area contributed by atoms with Crippen molar-refractivity contribution < 1.29 is 13.2 Å². The lowest BCUT2D eigenvalue weighted by molar-refractivity contribution is -0.141. The molecule has 2 heterocycles. The molecule has 0 amide bonds. The Morgan fingerprint density at radius 2 is 2.16 bits per heavy atom. The number of hydrogen-bond donors (Lipinski definition) is 2. The van der Waals surface area contributed by atoms with Gasteiger partial charge in [0, 0.05) is 18.9 Å². The van der Waals surface area contributed by atoms with Gasteiger partial charge in [-0.2, -0.15) is 18.3 Å². The Hall–Kier alpha value is -2.25. The van der Waals surface area contributed by atoms with Gasteiger partial charge in [0.25, 0.3) is 0 Å². The number of anilines is 2. The number of nitrogens with one attached hydrogen (secondary N) is 1. The van der Waals surface area contributed by atoms with Crippen LogP contribution in [0, 0.1) is 0 Å². The highest BCUT2D eigenvalue weighted by Gasteiger charge is 2.32. The molecule has 2 aromatic rings. The van der Waals surface area contributed by atoms with E-state index in [1.165, 1.54) is 0 Å². The van der Waals surface area contributed by atoms with Crippen LogP contribution in [0.3, 0.4) is 0 Å². The maximum Gasteiger partial charge on any atom is 0.433 e. The molecule has 0 unspecified atom stereocenters. The molecule has 0 aliphatic heterocycles. The average Bonchev–Trinajstić information content (AvgIpc) is 2.83. The second-order valence-corrected chi connectivity index (χ2v) is 3.85. The lowest BCUT2D eigenvalue weighted by Crippen LogP contribution is -2.14. The molecule has 8 heteroatoms. The molecule has 2 aromatic heterocycles. The molecule has 0 saturated heterocycles. The van der Waals surface area contributed by atoms with E-state index in [0.717, 1.165) is 12.3 Å². The molecular weight excluding hydrogens is 259 g/mol. The zero-order valence-corrected chi connectivity index (χ0v) is 9.85. The molecule has 0 saturated carbocycles. The van der Waals surface area contributed by atoms with E-state index in [0.29, 0.717) is 13.1 Å². The molecule has 0 spiro atoms. The van der Waals surface area contributed by atoms with Gasteiger partial charge in [-0.05, 0) is 12.1 Å². The molecule has 0 radical (unpaired) electrons. The molecule has 2 rings (SSSR count). The third-order valence-electron chi connectivity index (χ3n) is 2.44. The summed E-state index contributed by atoms with van der Waals surface area (Å²) in [5.41, 5.74) is 5.00. The van der Waals surface area contributed by atoms with Crippen molar-refractivity contribution in [3.8, 4) is 0 Å². The van der Waals surface area contributed by atoms with Gasteiger partial charge in [-0.1, -0.05) is 0 Å². The predicted octanol–water partition coefficient (Wildman–Crippen LogP) is 1.99. The first-order chi connectivity index (χ1) is 8.97. The Morgan fingerprint density at radius 1 is 1.37 bits per heavy atom. The van der Waals surface area contributed by atoms with E-state index in [1.807, 2.05) is 0 Å². The fraction of sp³-hybridized carbons (Fsp3) is 0.273. The summed E-state index contributed by atoms with van der Waals surface area (Å²) in [5, 5.41) is 6.82. The van der Waals surface area contributed by atoms with Crippen LogP contribution < -0.4 is 11.1 Å². The van der Waals surface area contributed by atoms with Crippen molar-refractivity contribution >= 4 is 11.4 Å². The molecule has 3 N–H and O–H groups in total. The Bertz CT molecular complexity index is 536. The Balaban J connectivity index is 2.03. The van der Waals surface area contributed by atoms with Gasteiger partial charge in [0.2, 0.25) is 0 Å². The van der Waals surface area contributed by atoms with Crippen LogP contribution in [0.25, 0.3) is 0 Å². The van der Waals surface area contributed by atoms with Crippen LogP contribution in [0.2, 0.25) is 0 Å². The summed E-state index contributed by atoms with van der Waals surface area (Å²) >= 11 is 0. The highest BCUT2D eigenvalue weighted by molar-refractivity contribution is 5.65. The zero-order chi connectivity index (χ0) is 13.9. The van der Waals surface area contributed by atoms with Crippen LogP contribution in [-0.2, 0) is 12.7 Å². The zero-order valence-electron chi connectivity index (χ0n) is 9.85. The predicted molar refractivity (Wildman–Crippen MR) is 64.4 cm³/mol. The van der Waals surface area contributed by atoms with Gasteiger partial charge in [-0.15, -0.1) is 0 Å². The Kier molecular flexibility index (Phi) is 3.59. The molecule has 102 valence electrons. The molecule has 0 fully saturated rings. The van der Waals surface area contributed by atoms with E-state index in [9.17, 15) is 13.2 Å². The summed E-state index contributed by atoms with van der Waals surface area (Å²) in [5.74, 6) is 0. The number of rotatable bonds is 4. The molecule has 0 aliphatic rings. The normalized spacial score (nSPS) is 11.5. The van der Waals surface area contributed by atoms with E-state index < -0.39 is 11.9 Å². The fourth-order valence-electron chi connectivity index (χ4n) is 1.51. The van der Waals surface area contributed by atoms with Crippen LogP contribution in [0.15, 0.2) is 30.7 Å². The molecule has 5 nitrogen and oxygen atoms in total. The van der Waals surface area contributed by atoms with Crippen molar-refractivity contribution in [1.29, 1.82) is 0 Å². The molecule has 0 atom stereocenters. The van der Waals surface area contributed by atoms with Crippen molar-refractivity contribution in [3.63, 3.8) is 0 Å². The average molecular weight is 271 g/mol. The smallest absolute Gasteiger partial charge is 0.396 e. The van der Waals surface area contributed by atoms with Crippen LogP contribution in [-0.4, -0.2) is 21.3 Å². The fourth-order valence-corrected chi connectivity index (χ4v) is 1.51. The minimum atomic E-state index is -4.48. The number of nitrogens with two attached hydrogens (primary N) is 1. The second kappa shape index (κ2) is 5.17. The topological polar surface area (TPSA) is 68.8 Å². The summed E-state index contributed by atoms with van der Waals surface area (Å²) in [6, 6.07) is 2.67. The molecule has 0 bridgehead atoms. The van der Waals surface area contributed by atoms with E-state index in [4.69, 9.17) is 5.73 Å². The highest BCUT2D eigenvalue weighted by atomic mass is 19.4. The standard InChI is InChI=1S/C11H12F3N5/c12-11(13,14)10-6-9(8(15)7-17-10)16-3-5-19-4-1-2-18-19/h1-2,4,6-7H,3,5,15H2,(H,16,17). The number of nitrogens with zero attached hydrogens (tertiary/aromatic N) is 3. The Morgan fingerprint density at radius 3 is 2.79 bits per heavy atom. The van der Waals surface area contributed by atoms with E-state index in [1.54, 1.807) is 23.1 Å². The van der Waals surface area contributed by atoms with Crippen molar-refractivity contribution in [2.75, 3.05) is 17.6 Å². The van der Waals surface area contributed by atoms with Crippen molar-refractivity contribution in [2.45, 2.75) is 12.7 Å². The summed E-state index contributed by atoms with van der Waals surface area (Å²) in [7, 11) is 0. The summed E-state index contributed by atoms with van der Waals surface area (Å²) in [6.45, 7) is 0.934. The first-order valence-electron chi connectivity index (χ1n) is 5.51. The van der Waals surface area contributed by atoms with Crippen LogP contribution in [0.5, 0.6) is 0 Å². The number of aromatic nitrogens is 3. The lowest BCUT2D eigenvalue weighted by atomic mass is 10.2. The first kappa shape index (κ1) is 13.2. The van der Waals surface area contributed by atoms with E-state index in [-0.39, 0.29) is 11.4 Å². The summed E-state index contributed by atoms with van der Waals surface area (Å²) < 4.78 is 39.2. The minimum Gasteiger partial charge on any atom is -0.396 e. The number of alkyl halides is 3. The van der Waals surface area contributed by atoms with Gasteiger partial charge in [0.05, 0.1) is 24.1 Å². The quantitative estimate of drug-likeness (QED) is 0.892. The third-order valence-corrected chi connectivity index (χ3v) is 2.44. The molecule has 0 aromatic carbocycles. The van der Waals surface area contributed by atoms with Gasteiger partial charge >= 0.3 is 6.18 Å². The largest absolute Gasteiger partial charge is 0.433 e.